The zero-order valence-electron chi connectivity index (χ0n) is 15.2. The van der Waals surface area contributed by atoms with E-state index < -0.39 is 5.91 Å². The Hall–Kier alpha value is -3.26. The topological polar surface area (TPSA) is 71.3 Å². The summed E-state index contributed by atoms with van der Waals surface area (Å²) < 4.78 is 10.9. The molecule has 0 fully saturated rings. The Morgan fingerprint density at radius 1 is 1.23 bits per heavy atom. The van der Waals surface area contributed by atoms with Crippen LogP contribution in [0.25, 0.3) is 6.08 Å². The van der Waals surface area contributed by atoms with Crippen molar-refractivity contribution in [3.63, 3.8) is 0 Å². The van der Waals surface area contributed by atoms with Crippen molar-refractivity contribution in [3.8, 4) is 17.6 Å². The van der Waals surface area contributed by atoms with E-state index in [2.05, 4.69) is 5.32 Å². The Labute approximate surface area is 153 Å². The minimum absolute atomic E-state index is 0.000250. The van der Waals surface area contributed by atoms with Crippen LogP contribution in [0.3, 0.4) is 0 Å². The van der Waals surface area contributed by atoms with E-state index in [1.807, 2.05) is 50.2 Å². The number of benzene rings is 2. The van der Waals surface area contributed by atoms with Crippen molar-refractivity contribution in [2.45, 2.75) is 19.9 Å². The number of hydrogen-bond donors (Lipinski definition) is 1. The van der Waals surface area contributed by atoms with Gasteiger partial charge in [0.25, 0.3) is 5.91 Å². The summed E-state index contributed by atoms with van der Waals surface area (Å²) in [7, 11) is 1.53. The van der Waals surface area contributed by atoms with Crippen LogP contribution in [-0.2, 0) is 4.79 Å². The molecule has 1 amide bonds. The van der Waals surface area contributed by atoms with Crippen LogP contribution in [0.4, 0.5) is 0 Å². The van der Waals surface area contributed by atoms with Gasteiger partial charge in [0.2, 0.25) is 0 Å². The normalized spacial score (nSPS) is 12.0. The molecule has 0 aliphatic heterocycles. The van der Waals surface area contributed by atoms with Crippen molar-refractivity contribution in [2.75, 3.05) is 13.7 Å². The lowest BCUT2D eigenvalue weighted by Crippen LogP contribution is -2.27. The predicted octanol–water partition coefficient (Wildman–Crippen LogP) is 3.88. The van der Waals surface area contributed by atoms with Gasteiger partial charge in [0, 0.05) is 5.56 Å². The molecule has 5 nitrogen and oxygen atoms in total. The monoisotopic (exact) mass is 350 g/mol. The van der Waals surface area contributed by atoms with Gasteiger partial charge in [-0.1, -0.05) is 42.5 Å². The summed E-state index contributed by atoms with van der Waals surface area (Å²) in [6.45, 7) is 4.24. The first-order chi connectivity index (χ1) is 12.6. The number of para-hydroxylation sites is 1. The van der Waals surface area contributed by atoms with Gasteiger partial charge in [-0.15, -0.1) is 0 Å². The molecule has 0 heterocycles. The van der Waals surface area contributed by atoms with Gasteiger partial charge in [-0.2, -0.15) is 5.26 Å². The van der Waals surface area contributed by atoms with Crippen molar-refractivity contribution in [1.82, 2.24) is 5.32 Å². The van der Waals surface area contributed by atoms with Crippen LogP contribution in [0, 0.1) is 11.3 Å². The van der Waals surface area contributed by atoms with E-state index in [0.717, 1.165) is 5.56 Å². The van der Waals surface area contributed by atoms with Crippen LogP contribution < -0.4 is 14.8 Å². The number of amides is 1. The minimum Gasteiger partial charge on any atom is -0.492 e. The smallest absolute Gasteiger partial charge is 0.262 e. The molecule has 5 heteroatoms. The quantitative estimate of drug-likeness (QED) is 0.608. The van der Waals surface area contributed by atoms with Gasteiger partial charge in [-0.3, -0.25) is 4.79 Å². The molecule has 0 saturated heterocycles. The lowest BCUT2D eigenvalue weighted by molar-refractivity contribution is -0.117. The second-order valence-corrected chi connectivity index (χ2v) is 5.59. The molecule has 0 bridgehead atoms. The van der Waals surface area contributed by atoms with Gasteiger partial charge in [-0.05, 0) is 31.6 Å². The van der Waals surface area contributed by atoms with Crippen LogP contribution in [0.5, 0.6) is 11.5 Å². The SMILES string of the molecule is CCOc1cccc(/C=C(\C#N)C(=O)N[C@@H](C)c2ccccc2)c1OC. The summed E-state index contributed by atoms with van der Waals surface area (Å²) >= 11 is 0. The van der Waals surface area contributed by atoms with Gasteiger partial charge in [0.1, 0.15) is 11.6 Å². The molecular formula is C21H22N2O3. The highest BCUT2D eigenvalue weighted by Gasteiger charge is 2.16. The van der Waals surface area contributed by atoms with E-state index in [9.17, 15) is 10.1 Å². The van der Waals surface area contributed by atoms with E-state index in [4.69, 9.17) is 9.47 Å². The summed E-state index contributed by atoms with van der Waals surface area (Å²) in [5, 5.41) is 12.3. The fourth-order valence-corrected chi connectivity index (χ4v) is 2.54. The number of carbonyl (C=O) groups is 1. The molecule has 1 atom stereocenters. The van der Waals surface area contributed by atoms with E-state index in [1.165, 1.54) is 13.2 Å². The third kappa shape index (κ3) is 4.64. The molecule has 2 aromatic rings. The molecule has 0 aromatic heterocycles. The molecule has 2 rings (SSSR count). The summed E-state index contributed by atoms with van der Waals surface area (Å²) in [6.07, 6.45) is 1.51. The standard InChI is InChI=1S/C21H22N2O3/c1-4-26-19-12-8-11-17(20(19)25-3)13-18(14-22)21(24)23-15(2)16-9-6-5-7-10-16/h5-13,15H,4H2,1-3H3,(H,23,24)/b18-13+/t15-/m0/s1. The summed E-state index contributed by atoms with van der Waals surface area (Å²) in [6, 6.07) is 16.7. The lowest BCUT2D eigenvalue weighted by atomic mass is 10.1. The number of carbonyl (C=O) groups excluding carboxylic acids is 1. The van der Waals surface area contributed by atoms with E-state index in [-0.39, 0.29) is 11.6 Å². The van der Waals surface area contributed by atoms with Crippen LogP contribution in [0.2, 0.25) is 0 Å². The fourth-order valence-electron chi connectivity index (χ4n) is 2.54. The summed E-state index contributed by atoms with van der Waals surface area (Å²) in [4.78, 5) is 12.5. The average molecular weight is 350 g/mol. The van der Waals surface area contributed by atoms with Gasteiger partial charge in [0.15, 0.2) is 11.5 Å². The highest BCUT2D eigenvalue weighted by atomic mass is 16.5. The third-order valence-electron chi connectivity index (χ3n) is 3.83. The maximum Gasteiger partial charge on any atom is 0.262 e. The molecular weight excluding hydrogens is 328 g/mol. The number of nitriles is 1. The van der Waals surface area contributed by atoms with E-state index >= 15 is 0 Å². The lowest BCUT2D eigenvalue weighted by Gasteiger charge is -2.14. The van der Waals surface area contributed by atoms with E-state index in [0.29, 0.717) is 23.7 Å². The predicted molar refractivity (Wildman–Crippen MR) is 101 cm³/mol. The van der Waals surface area contributed by atoms with Gasteiger partial charge >= 0.3 is 0 Å². The molecule has 0 saturated carbocycles. The molecule has 1 N–H and O–H groups in total. The third-order valence-corrected chi connectivity index (χ3v) is 3.83. The molecule has 0 aliphatic carbocycles. The maximum atomic E-state index is 12.5. The number of rotatable bonds is 7. The first-order valence-electron chi connectivity index (χ1n) is 8.38. The number of ether oxygens (including phenoxy) is 2. The maximum absolute atomic E-state index is 12.5. The molecule has 2 aromatic carbocycles. The van der Waals surface area contributed by atoms with Gasteiger partial charge in [0.05, 0.1) is 19.8 Å². The average Bonchev–Trinajstić information content (AvgIpc) is 2.67. The zero-order valence-corrected chi connectivity index (χ0v) is 15.2. The second kappa shape index (κ2) is 9.28. The molecule has 0 radical (unpaired) electrons. The number of methoxy groups -OCH3 is 1. The van der Waals surface area contributed by atoms with Crippen molar-refractivity contribution >= 4 is 12.0 Å². The minimum atomic E-state index is -0.437. The van der Waals surface area contributed by atoms with Crippen molar-refractivity contribution in [2.24, 2.45) is 0 Å². The number of hydrogen-bond acceptors (Lipinski definition) is 4. The summed E-state index contributed by atoms with van der Waals surface area (Å²) in [5.74, 6) is 0.623. The van der Waals surface area contributed by atoms with Crippen LogP contribution in [0.15, 0.2) is 54.1 Å². The van der Waals surface area contributed by atoms with Crippen molar-refractivity contribution in [1.29, 1.82) is 5.26 Å². The first-order valence-corrected chi connectivity index (χ1v) is 8.38. The van der Waals surface area contributed by atoms with Crippen LogP contribution >= 0.6 is 0 Å². The van der Waals surface area contributed by atoms with Crippen LogP contribution in [-0.4, -0.2) is 19.6 Å². The van der Waals surface area contributed by atoms with Crippen LogP contribution in [0.1, 0.15) is 31.0 Å². The first kappa shape index (κ1) is 19.1. The van der Waals surface area contributed by atoms with Crippen molar-refractivity contribution < 1.29 is 14.3 Å². The highest BCUT2D eigenvalue weighted by Crippen LogP contribution is 2.32. The molecule has 134 valence electrons. The van der Waals surface area contributed by atoms with Gasteiger partial charge in [-0.25, -0.2) is 0 Å². The molecule has 26 heavy (non-hydrogen) atoms. The second-order valence-electron chi connectivity index (χ2n) is 5.59. The largest absolute Gasteiger partial charge is 0.492 e. The van der Waals surface area contributed by atoms with E-state index in [1.54, 1.807) is 18.2 Å². The molecule has 0 spiro atoms. The molecule has 0 unspecified atom stereocenters. The van der Waals surface area contributed by atoms with Gasteiger partial charge < -0.3 is 14.8 Å². The Morgan fingerprint density at radius 3 is 2.58 bits per heavy atom. The Kier molecular flexibility index (Phi) is 6.81. The number of nitrogens with one attached hydrogen (secondary N) is 1. The molecule has 0 aliphatic rings. The Morgan fingerprint density at radius 2 is 1.96 bits per heavy atom. The summed E-state index contributed by atoms with van der Waals surface area (Å²) in [5.41, 5.74) is 1.58. The number of nitrogens with zero attached hydrogens (tertiary/aromatic N) is 1. The Balaban J connectivity index is 2.26. The fraction of sp³-hybridized carbons (Fsp3) is 0.238. The Bertz CT molecular complexity index is 823. The zero-order chi connectivity index (χ0) is 18.9. The highest BCUT2D eigenvalue weighted by molar-refractivity contribution is 6.02. The van der Waals surface area contributed by atoms with Crippen molar-refractivity contribution in [3.05, 3.63) is 65.2 Å².